The van der Waals surface area contributed by atoms with Crippen LogP contribution in [-0.2, 0) is 0 Å². The van der Waals surface area contributed by atoms with Crippen molar-refractivity contribution in [2.45, 2.75) is 19.9 Å². The summed E-state index contributed by atoms with van der Waals surface area (Å²) in [6, 6.07) is 18.4. The van der Waals surface area contributed by atoms with Gasteiger partial charge in [-0.2, -0.15) is 0 Å². The van der Waals surface area contributed by atoms with Gasteiger partial charge in [-0.1, -0.05) is 36.4 Å². The number of rotatable bonds is 3. The Morgan fingerprint density at radius 1 is 1.05 bits per heavy atom. The van der Waals surface area contributed by atoms with Crippen LogP contribution >= 0.6 is 11.3 Å². The molecule has 1 amide bonds. The van der Waals surface area contributed by atoms with E-state index in [9.17, 15) is 4.79 Å². The fourth-order valence-corrected chi connectivity index (χ4v) is 3.16. The average molecular weight is 295 g/mol. The Labute approximate surface area is 128 Å². The standard InChI is InChI=1S/C18H17NOS/c1-12-7-10-17(21-12)18(20)19-13(2)15-9-8-14-5-3-4-6-16(14)11-15/h3-11,13H,1-2H3,(H,19,20). The van der Waals surface area contributed by atoms with Gasteiger partial charge in [-0.05, 0) is 48.4 Å². The second-order valence-corrected chi connectivity index (χ2v) is 6.50. The Bertz CT molecular complexity index is 791. The van der Waals surface area contributed by atoms with E-state index in [0.717, 1.165) is 15.3 Å². The lowest BCUT2D eigenvalue weighted by molar-refractivity contribution is 0.0944. The summed E-state index contributed by atoms with van der Waals surface area (Å²) in [4.78, 5) is 14.1. The van der Waals surface area contributed by atoms with Gasteiger partial charge in [-0.25, -0.2) is 0 Å². The average Bonchev–Trinajstić information content (AvgIpc) is 2.93. The lowest BCUT2D eigenvalue weighted by Gasteiger charge is -2.14. The zero-order chi connectivity index (χ0) is 14.8. The third-order valence-corrected chi connectivity index (χ3v) is 4.58. The molecule has 1 N–H and O–H groups in total. The quantitative estimate of drug-likeness (QED) is 0.745. The van der Waals surface area contributed by atoms with Crippen LogP contribution in [-0.4, -0.2) is 5.91 Å². The molecular formula is C18H17NOS. The number of aryl methyl sites for hydroxylation is 1. The monoisotopic (exact) mass is 295 g/mol. The summed E-state index contributed by atoms with van der Waals surface area (Å²) >= 11 is 1.52. The molecular weight excluding hydrogens is 278 g/mol. The maximum Gasteiger partial charge on any atom is 0.261 e. The number of benzene rings is 2. The zero-order valence-electron chi connectivity index (χ0n) is 12.1. The molecule has 0 fully saturated rings. The Morgan fingerprint density at radius 2 is 1.81 bits per heavy atom. The van der Waals surface area contributed by atoms with Gasteiger partial charge in [0, 0.05) is 4.88 Å². The SMILES string of the molecule is Cc1ccc(C(=O)NC(C)c2ccc3ccccc3c2)s1. The van der Waals surface area contributed by atoms with Gasteiger partial charge in [0.25, 0.3) is 5.91 Å². The number of carbonyl (C=O) groups is 1. The number of nitrogens with one attached hydrogen (secondary N) is 1. The van der Waals surface area contributed by atoms with Crippen molar-refractivity contribution in [3.05, 3.63) is 69.9 Å². The van der Waals surface area contributed by atoms with Crippen LogP contribution in [0.15, 0.2) is 54.6 Å². The molecule has 106 valence electrons. The molecule has 0 radical (unpaired) electrons. The summed E-state index contributed by atoms with van der Waals surface area (Å²) in [7, 11) is 0. The number of carbonyl (C=O) groups excluding carboxylic acids is 1. The third-order valence-electron chi connectivity index (χ3n) is 3.59. The molecule has 21 heavy (non-hydrogen) atoms. The van der Waals surface area contributed by atoms with E-state index in [1.54, 1.807) is 0 Å². The highest BCUT2D eigenvalue weighted by Gasteiger charge is 2.13. The van der Waals surface area contributed by atoms with Gasteiger partial charge < -0.3 is 5.32 Å². The summed E-state index contributed by atoms with van der Waals surface area (Å²) in [5, 5.41) is 5.48. The molecule has 3 rings (SSSR count). The highest BCUT2D eigenvalue weighted by Crippen LogP contribution is 2.21. The van der Waals surface area contributed by atoms with Crippen LogP contribution < -0.4 is 5.32 Å². The topological polar surface area (TPSA) is 29.1 Å². The molecule has 0 aliphatic rings. The van der Waals surface area contributed by atoms with E-state index in [1.165, 1.54) is 22.1 Å². The molecule has 0 bridgehead atoms. The predicted octanol–water partition coefficient (Wildman–Crippen LogP) is 4.70. The second-order valence-electron chi connectivity index (χ2n) is 5.21. The first-order valence-corrected chi connectivity index (χ1v) is 7.81. The van der Waals surface area contributed by atoms with Crippen LogP contribution in [0.25, 0.3) is 10.8 Å². The van der Waals surface area contributed by atoms with Gasteiger partial charge in [0.05, 0.1) is 10.9 Å². The summed E-state index contributed by atoms with van der Waals surface area (Å²) in [5.74, 6) is -0.00578. The Balaban J connectivity index is 1.80. The minimum absolute atomic E-state index is 0.00578. The molecule has 2 aromatic carbocycles. The van der Waals surface area contributed by atoms with Crippen molar-refractivity contribution >= 4 is 28.0 Å². The molecule has 1 atom stereocenters. The largest absolute Gasteiger partial charge is 0.345 e. The highest BCUT2D eigenvalue weighted by molar-refractivity contribution is 7.13. The Morgan fingerprint density at radius 3 is 2.52 bits per heavy atom. The summed E-state index contributed by atoms with van der Waals surface area (Å²) in [6.07, 6.45) is 0. The second kappa shape index (κ2) is 5.70. The Hall–Kier alpha value is -2.13. The number of fused-ring (bicyclic) bond motifs is 1. The van der Waals surface area contributed by atoms with Crippen molar-refractivity contribution in [2.24, 2.45) is 0 Å². The first-order valence-electron chi connectivity index (χ1n) is 6.99. The van der Waals surface area contributed by atoms with Crippen molar-refractivity contribution in [3.8, 4) is 0 Å². The number of hydrogen-bond donors (Lipinski definition) is 1. The van der Waals surface area contributed by atoms with Crippen molar-refractivity contribution in [2.75, 3.05) is 0 Å². The molecule has 0 spiro atoms. The molecule has 0 saturated heterocycles. The molecule has 1 unspecified atom stereocenters. The number of hydrogen-bond acceptors (Lipinski definition) is 2. The van der Waals surface area contributed by atoms with E-state index in [-0.39, 0.29) is 11.9 Å². The van der Waals surface area contributed by atoms with E-state index in [4.69, 9.17) is 0 Å². The van der Waals surface area contributed by atoms with E-state index in [1.807, 2.05) is 38.1 Å². The number of thiophene rings is 1. The van der Waals surface area contributed by atoms with Gasteiger partial charge >= 0.3 is 0 Å². The minimum Gasteiger partial charge on any atom is -0.345 e. The first kappa shape index (κ1) is 13.8. The van der Waals surface area contributed by atoms with Crippen LogP contribution in [0, 0.1) is 6.92 Å². The predicted molar refractivity (Wildman–Crippen MR) is 88.9 cm³/mol. The van der Waals surface area contributed by atoms with Crippen molar-refractivity contribution in [1.29, 1.82) is 0 Å². The maximum atomic E-state index is 12.2. The lowest BCUT2D eigenvalue weighted by atomic mass is 10.0. The lowest BCUT2D eigenvalue weighted by Crippen LogP contribution is -2.25. The van der Waals surface area contributed by atoms with Crippen LogP contribution in [0.1, 0.15) is 33.1 Å². The maximum absolute atomic E-state index is 12.2. The van der Waals surface area contributed by atoms with Gasteiger partial charge in [0.1, 0.15) is 0 Å². The van der Waals surface area contributed by atoms with E-state index < -0.39 is 0 Å². The van der Waals surface area contributed by atoms with Gasteiger partial charge in [0.15, 0.2) is 0 Å². The molecule has 0 aliphatic carbocycles. The molecule has 0 aliphatic heterocycles. The molecule has 2 nitrogen and oxygen atoms in total. The molecule has 3 heteroatoms. The zero-order valence-corrected chi connectivity index (χ0v) is 12.9. The van der Waals surface area contributed by atoms with Crippen LogP contribution in [0.5, 0.6) is 0 Å². The van der Waals surface area contributed by atoms with E-state index >= 15 is 0 Å². The third kappa shape index (κ3) is 2.98. The summed E-state index contributed by atoms with van der Waals surface area (Å²) in [6.45, 7) is 4.02. The smallest absolute Gasteiger partial charge is 0.261 e. The minimum atomic E-state index is -0.00971. The van der Waals surface area contributed by atoms with Crippen molar-refractivity contribution < 1.29 is 4.79 Å². The van der Waals surface area contributed by atoms with Gasteiger partial charge in [-0.15, -0.1) is 11.3 Å². The highest BCUT2D eigenvalue weighted by atomic mass is 32.1. The van der Waals surface area contributed by atoms with E-state index in [0.29, 0.717) is 0 Å². The Kier molecular flexibility index (Phi) is 3.76. The van der Waals surface area contributed by atoms with Crippen molar-refractivity contribution in [3.63, 3.8) is 0 Å². The first-order chi connectivity index (χ1) is 10.1. The van der Waals surface area contributed by atoms with Crippen LogP contribution in [0.3, 0.4) is 0 Å². The molecule has 0 saturated carbocycles. The number of amides is 1. The molecule has 1 heterocycles. The molecule has 1 aromatic heterocycles. The summed E-state index contributed by atoms with van der Waals surface area (Å²) in [5.41, 5.74) is 1.12. The van der Waals surface area contributed by atoms with Crippen LogP contribution in [0.4, 0.5) is 0 Å². The van der Waals surface area contributed by atoms with E-state index in [2.05, 4.69) is 35.6 Å². The van der Waals surface area contributed by atoms with Crippen LogP contribution in [0.2, 0.25) is 0 Å². The summed E-state index contributed by atoms with van der Waals surface area (Å²) < 4.78 is 0. The van der Waals surface area contributed by atoms with Gasteiger partial charge in [0.2, 0.25) is 0 Å². The fourth-order valence-electron chi connectivity index (χ4n) is 2.38. The molecule has 3 aromatic rings. The van der Waals surface area contributed by atoms with Crippen molar-refractivity contribution in [1.82, 2.24) is 5.32 Å². The van der Waals surface area contributed by atoms with Gasteiger partial charge in [-0.3, -0.25) is 4.79 Å². The normalized spacial score (nSPS) is 12.3. The fraction of sp³-hybridized carbons (Fsp3) is 0.167.